The van der Waals surface area contributed by atoms with Gasteiger partial charge in [0, 0.05) is 12.2 Å². The molecule has 2 aromatic rings. The van der Waals surface area contributed by atoms with E-state index in [0.717, 1.165) is 9.47 Å². The summed E-state index contributed by atoms with van der Waals surface area (Å²) in [7, 11) is 0. The second-order valence-corrected chi connectivity index (χ2v) is 7.81. The number of hydrogen-bond acceptors (Lipinski definition) is 7. The molecule has 1 saturated carbocycles. The number of thioether (sulfide) groups is 1. The zero-order chi connectivity index (χ0) is 15.5. The average Bonchev–Trinajstić information content (AvgIpc) is 3.20. The molecule has 2 N–H and O–H groups in total. The zero-order valence-electron chi connectivity index (χ0n) is 11.7. The lowest BCUT2D eigenvalue weighted by molar-refractivity contribution is -0.115. The Bertz CT molecular complexity index is 676. The van der Waals surface area contributed by atoms with Crippen LogP contribution in [0.25, 0.3) is 0 Å². The van der Waals surface area contributed by atoms with Gasteiger partial charge in [-0.05, 0) is 31.9 Å². The number of halogens is 1. The Morgan fingerprint density at radius 1 is 1.50 bits per heavy atom. The summed E-state index contributed by atoms with van der Waals surface area (Å²) < 4.78 is 0.767. The van der Waals surface area contributed by atoms with Crippen LogP contribution in [0.15, 0.2) is 22.7 Å². The van der Waals surface area contributed by atoms with Gasteiger partial charge in [0.2, 0.25) is 11.0 Å². The van der Waals surface area contributed by atoms with Gasteiger partial charge < -0.3 is 10.6 Å². The molecule has 22 heavy (non-hydrogen) atoms. The van der Waals surface area contributed by atoms with E-state index in [-0.39, 0.29) is 16.3 Å². The minimum absolute atomic E-state index is 0.146. The van der Waals surface area contributed by atoms with E-state index < -0.39 is 0 Å². The van der Waals surface area contributed by atoms with Crippen molar-refractivity contribution >= 4 is 51.4 Å². The molecule has 1 atom stereocenters. The van der Waals surface area contributed by atoms with Crippen LogP contribution in [0.4, 0.5) is 10.8 Å². The molecule has 1 aliphatic rings. The van der Waals surface area contributed by atoms with E-state index in [0.29, 0.717) is 11.7 Å². The Morgan fingerprint density at radius 3 is 3.05 bits per heavy atom. The van der Waals surface area contributed by atoms with Crippen molar-refractivity contribution in [2.45, 2.75) is 35.4 Å². The van der Waals surface area contributed by atoms with Crippen molar-refractivity contribution in [2.75, 3.05) is 10.6 Å². The van der Waals surface area contributed by atoms with Gasteiger partial charge in [0.05, 0.1) is 10.9 Å². The fraction of sp³-hybridized carbons (Fsp3) is 0.385. The van der Waals surface area contributed by atoms with E-state index in [1.54, 1.807) is 18.3 Å². The van der Waals surface area contributed by atoms with Gasteiger partial charge in [-0.2, -0.15) is 0 Å². The zero-order valence-corrected chi connectivity index (χ0v) is 14.1. The molecule has 0 aromatic carbocycles. The summed E-state index contributed by atoms with van der Waals surface area (Å²) in [5.41, 5.74) is 0.509. The first-order valence-electron chi connectivity index (χ1n) is 6.80. The van der Waals surface area contributed by atoms with E-state index in [1.165, 1.54) is 35.9 Å². The van der Waals surface area contributed by atoms with E-state index in [4.69, 9.17) is 11.6 Å². The molecule has 0 saturated heterocycles. The summed E-state index contributed by atoms with van der Waals surface area (Å²) >= 11 is 8.77. The largest absolute Gasteiger partial charge is 0.357 e. The molecule has 0 spiro atoms. The van der Waals surface area contributed by atoms with Crippen molar-refractivity contribution in [3.8, 4) is 0 Å². The Morgan fingerprint density at radius 2 is 2.32 bits per heavy atom. The summed E-state index contributed by atoms with van der Waals surface area (Å²) in [6.07, 6.45) is 3.95. The minimum atomic E-state index is -0.307. The molecule has 6 nitrogen and oxygen atoms in total. The third kappa shape index (κ3) is 4.08. The SMILES string of the molecule is C[C@@H](Sc1nnc(NC2CC2)s1)C(=O)Nc1cccnc1Cl. The van der Waals surface area contributed by atoms with Gasteiger partial charge in [0.1, 0.15) is 0 Å². The fourth-order valence-corrected chi connectivity index (χ4v) is 3.78. The Hall–Kier alpha value is -1.38. The number of carbonyl (C=O) groups is 1. The molecule has 9 heteroatoms. The maximum atomic E-state index is 12.2. The average molecular weight is 356 g/mol. The van der Waals surface area contributed by atoms with Crippen LogP contribution in [0.3, 0.4) is 0 Å². The highest BCUT2D eigenvalue weighted by molar-refractivity contribution is 8.02. The molecule has 0 bridgehead atoms. The third-order valence-electron chi connectivity index (χ3n) is 2.98. The molecule has 0 aliphatic heterocycles. The Kier molecular flexibility index (Phi) is 4.80. The van der Waals surface area contributed by atoms with Crippen LogP contribution in [0.5, 0.6) is 0 Å². The van der Waals surface area contributed by atoms with Crippen LogP contribution >= 0.6 is 34.7 Å². The van der Waals surface area contributed by atoms with E-state index in [9.17, 15) is 4.79 Å². The molecule has 1 amide bonds. The lowest BCUT2D eigenvalue weighted by atomic mass is 10.4. The molecule has 3 rings (SSSR count). The first kappa shape index (κ1) is 15.5. The Labute approximate surface area is 141 Å². The molecule has 0 radical (unpaired) electrons. The topological polar surface area (TPSA) is 79.8 Å². The van der Waals surface area contributed by atoms with Gasteiger partial charge in [0.15, 0.2) is 9.49 Å². The number of carbonyl (C=O) groups excluding carboxylic acids is 1. The molecule has 0 unspecified atom stereocenters. The summed E-state index contributed by atoms with van der Waals surface area (Å²) in [4.78, 5) is 16.1. The second-order valence-electron chi connectivity index (χ2n) is 4.88. The molecule has 116 valence electrons. The standard InChI is InChI=1S/C13H14ClN5OS2/c1-7(11(20)17-9-3-2-6-15-10(9)14)21-13-19-18-12(22-13)16-8-4-5-8/h2-3,6-8H,4-5H2,1H3,(H,16,18)(H,17,20)/t7-/m1/s1. The van der Waals surface area contributed by atoms with Crippen LogP contribution in [-0.2, 0) is 4.79 Å². The number of amides is 1. The molecule has 2 aromatic heterocycles. The molecular weight excluding hydrogens is 342 g/mol. The van der Waals surface area contributed by atoms with Crippen LogP contribution < -0.4 is 10.6 Å². The second kappa shape index (κ2) is 6.80. The van der Waals surface area contributed by atoms with Crippen molar-refractivity contribution < 1.29 is 4.79 Å². The van der Waals surface area contributed by atoms with Gasteiger partial charge in [-0.25, -0.2) is 4.98 Å². The van der Waals surface area contributed by atoms with Crippen LogP contribution in [0, 0.1) is 0 Å². The monoisotopic (exact) mass is 355 g/mol. The van der Waals surface area contributed by atoms with Crippen molar-refractivity contribution in [1.29, 1.82) is 0 Å². The number of pyridine rings is 1. The normalized spacial score (nSPS) is 15.4. The number of nitrogens with zero attached hydrogens (tertiary/aromatic N) is 3. The summed E-state index contributed by atoms with van der Waals surface area (Å²) in [5, 5.41) is 15.0. The van der Waals surface area contributed by atoms with Gasteiger partial charge in [-0.1, -0.05) is 34.7 Å². The van der Waals surface area contributed by atoms with Crippen molar-refractivity contribution in [2.24, 2.45) is 0 Å². The number of aromatic nitrogens is 3. The van der Waals surface area contributed by atoms with Gasteiger partial charge in [-0.15, -0.1) is 10.2 Å². The predicted octanol–water partition coefficient (Wildman–Crippen LogP) is 3.28. The van der Waals surface area contributed by atoms with Crippen molar-refractivity contribution in [1.82, 2.24) is 15.2 Å². The summed E-state index contributed by atoms with van der Waals surface area (Å²) in [6.45, 7) is 1.82. The minimum Gasteiger partial charge on any atom is -0.357 e. The number of rotatable bonds is 6. The van der Waals surface area contributed by atoms with E-state index in [1.807, 2.05) is 6.92 Å². The van der Waals surface area contributed by atoms with Crippen LogP contribution in [0.2, 0.25) is 5.15 Å². The number of anilines is 2. The first-order valence-corrected chi connectivity index (χ1v) is 8.87. The molecule has 2 heterocycles. The third-order valence-corrected chi connectivity index (χ3v) is 5.32. The summed E-state index contributed by atoms with van der Waals surface area (Å²) in [5.74, 6) is -0.146. The quantitative estimate of drug-likeness (QED) is 0.611. The maximum absolute atomic E-state index is 12.2. The van der Waals surface area contributed by atoms with Crippen LogP contribution in [0.1, 0.15) is 19.8 Å². The lowest BCUT2D eigenvalue weighted by Crippen LogP contribution is -2.22. The van der Waals surface area contributed by atoms with Crippen molar-refractivity contribution in [3.63, 3.8) is 0 Å². The molecule has 1 fully saturated rings. The van der Waals surface area contributed by atoms with E-state index in [2.05, 4.69) is 25.8 Å². The summed E-state index contributed by atoms with van der Waals surface area (Å²) in [6, 6.07) is 3.98. The maximum Gasteiger partial charge on any atom is 0.237 e. The molecule has 1 aliphatic carbocycles. The fourth-order valence-electron chi connectivity index (χ4n) is 1.64. The number of hydrogen-bond donors (Lipinski definition) is 2. The van der Waals surface area contributed by atoms with Gasteiger partial charge in [0.25, 0.3) is 0 Å². The highest BCUT2D eigenvalue weighted by atomic mass is 35.5. The highest BCUT2D eigenvalue weighted by Gasteiger charge is 2.23. The number of nitrogens with one attached hydrogen (secondary N) is 2. The van der Waals surface area contributed by atoms with Gasteiger partial charge in [-0.3, -0.25) is 4.79 Å². The smallest absolute Gasteiger partial charge is 0.237 e. The first-order chi connectivity index (χ1) is 10.6. The predicted molar refractivity (Wildman–Crippen MR) is 89.7 cm³/mol. The molecular formula is C13H14ClN5OS2. The van der Waals surface area contributed by atoms with Crippen molar-refractivity contribution in [3.05, 3.63) is 23.5 Å². The lowest BCUT2D eigenvalue weighted by Gasteiger charge is -2.10. The Balaban J connectivity index is 1.56. The van der Waals surface area contributed by atoms with E-state index >= 15 is 0 Å². The highest BCUT2D eigenvalue weighted by Crippen LogP contribution is 2.32. The van der Waals surface area contributed by atoms with Crippen LogP contribution in [-0.4, -0.2) is 32.4 Å². The van der Waals surface area contributed by atoms with Gasteiger partial charge >= 0.3 is 0 Å².